The molecule has 0 heterocycles. The highest BCUT2D eigenvalue weighted by Gasteiger charge is 2.13. The molecule has 3 aromatic carbocycles. The van der Waals surface area contributed by atoms with Crippen LogP contribution in [0.1, 0.15) is 29.8 Å². The molecule has 150 valence electrons. The molecule has 0 aliphatic carbocycles. The molecule has 0 aliphatic heterocycles. The zero-order chi connectivity index (χ0) is 20.8. The Morgan fingerprint density at radius 2 is 1.79 bits per heavy atom. The molecule has 0 spiro atoms. The molecule has 6 heteroatoms. The fraction of sp³-hybridized carbons (Fsp3) is 0.217. The number of halogens is 1. The number of carbonyl (C=O) groups is 1. The van der Waals surface area contributed by atoms with Crippen molar-refractivity contribution in [1.82, 2.24) is 5.43 Å². The Kier molecular flexibility index (Phi) is 6.88. The van der Waals surface area contributed by atoms with E-state index in [1.54, 1.807) is 13.3 Å². The Morgan fingerprint density at radius 3 is 2.41 bits per heavy atom. The van der Waals surface area contributed by atoms with Gasteiger partial charge < -0.3 is 9.64 Å². The number of carbonyl (C=O) groups excluding carboxylic acids is 1. The summed E-state index contributed by atoms with van der Waals surface area (Å²) >= 11 is 3.62. The predicted molar refractivity (Wildman–Crippen MR) is 123 cm³/mol. The van der Waals surface area contributed by atoms with Crippen molar-refractivity contribution >= 4 is 44.5 Å². The molecule has 29 heavy (non-hydrogen) atoms. The summed E-state index contributed by atoms with van der Waals surface area (Å²) in [6.45, 7) is 6.13. The summed E-state index contributed by atoms with van der Waals surface area (Å²) in [5, 5.41) is 6.10. The third-order valence-corrected chi connectivity index (χ3v) is 5.40. The van der Waals surface area contributed by atoms with Crippen LogP contribution in [0, 0.1) is 0 Å². The highest BCUT2D eigenvalue weighted by molar-refractivity contribution is 9.10. The lowest BCUT2D eigenvalue weighted by Gasteiger charge is -2.22. The molecule has 0 fully saturated rings. The molecule has 0 saturated carbocycles. The second kappa shape index (κ2) is 9.56. The van der Waals surface area contributed by atoms with Crippen LogP contribution in [-0.4, -0.2) is 32.3 Å². The minimum atomic E-state index is -0.317. The highest BCUT2D eigenvalue weighted by Crippen LogP contribution is 2.27. The van der Waals surface area contributed by atoms with Crippen molar-refractivity contribution in [2.45, 2.75) is 13.8 Å². The molecule has 0 bridgehead atoms. The summed E-state index contributed by atoms with van der Waals surface area (Å²) < 4.78 is 6.38. The smallest absolute Gasteiger partial charge is 0.275 e. The molecule has 1 N–H and O–H groups in total. The van der Waals surface area contributed by atoms with Crippen molar-refractivity contribution in [3.63, 3.8) is 0 Å². The zero-order valence-corrected chi connectivity index (χ0v) is 18.4. The van der Waals surface area contributed by atoms with E-state index in [1.165, 1.54) is 0 Å². The van der Waals surface area contributed by atoms with E-state index >= 15 is 0 Å². The summed E-state index contributed by atoms with van der Waals surface area (Å²) in [6.07, 6.45) is 1.63. The van der Waals surface area contributed by atoms with Crippen molar-refractivity contribution in [2.75, 3.05) is 25.1 Å². The Morgan fingerprint density at radius 1 is 1.10 bits per heavy atom. The van der Waals surface area contributed by atoms with Crippen molar-refractivity contribution in [3.8, 4) is 5.75 Å². The molecule has 0 unspecified atom stereocenters. The molecule has 3 rings (SSSR count). The number of hydrazone groups is 1. The molecule has 0 radical (unpaired) electrons. The summed E-state index contributed by atoms with van der Waals surface area (Å²) in [6, 6.07) is 17.5. The molecule has 5 nitrogen and oxygen atoms in total. The van der Waals surface area contributed by atoms with Gasteiger partial charge in [0.2, 0.25) is 0 Å². The first kappa shape index (κ1) is 20.9. The molecular formula is C23H24BrN3O2. The van der Waals surface area contributed by atoms with Gasteiger partial charge in [-0.3, -0.25) is 4.79 Å². The van der Waals surface area contributed by atoms with E-state index in [-0.39, 0.29) is 5.91 Å². The van der Waals surface area contributed by atoms with Crippen LogP contribution in [0.4, 0.5) is 5.69 Å². The Bertz CT molecular complexity index is 1050. The maximum atomic E-state index is 12.6. The van der Waals surface area contributed by atoms with Gasteiger partial charge >= 0.3 is 0 Å². The van der Waals surface area contributed by atoms with Gasteiger partial charge in [-0.1, -0.05) is 30.3 Å². The van der Waals surface area contributed by atoms with E-state index in [0.717, 1.165) is 39.6 Å². The average Bonchev–Trinajstić information content (AvgIpc) is 2.74. The maximum absolute atomic E-state index is 12.6. The van der Waals surface area contributed by atoms with Gasteiger partial charge in [0.25, 0.3) is 5.91 Å². The lowest BCUT2D eigenvalue weighted by Crippen LogP contribution is -2.22. The van der Waals surface area contributed by atoms with E-state index in [9.17, 15) is 4.79 Å². The first-order valence-corrected chi connectivity index (χ1v) is 10.3. The number of nitrogens with one attached hydrogen (secondary N) is 1. The number of amides is 1. The fourth-order valence-corrected chi connectivity index (χ4v) is 3.86. The van der Waals surface area contributed by atoms with E-state index < -0.39 is 0 Å². The average molecular weight is 454 g/mol. The minimum absolute atomic E-state index is 0.317. The molecule has 0 aromatic heterocycles. The highest BCUT2D eigenvalue weighted by atomic mass is 79.9. The van der Waals surface area contributed by atoms with Crippen molar-refractivity contribution in [3.05, 3.63) is 70.2 Å². The lowest BCUT2D eigenvalue weighted by atomic mass is 10.1. The van der Waals surface area contributed by atoms with Crippen LogP contribution in [0.5, 0.6) is 5.75 Å². The van der Waals surface area contributed by atoms with Crippen LogP contribution in [0.2, 0.25) is 0 Å². The first-order valence-electron chi connectivity index (χ1n) is 9.52. The number of methoxy groups -OCH3 is 1. The van der Waals surface area contributed by atoms with Crippen LogP contribution in [-0.2, 0) is 0 Å². The monoisotopic (exact) mass is 453 g/mol. The van der Waals surface area contributed by atoms with Crippen LogP contribution >= 0.6 is 15.9 Å². The normalized spacial score (nSPS) is 11.0. The largest absolute Gasteiger partial charge is 0.496 e. The lowest BCUT2D eigenvalue weighted by molar-refractivity contribution is 0.0952. The molecule has 1 amide bonds. The number of hydrogen-bond acceptors (Lipinski definition) is 4. The van der Waals surface area contributed by atoms with E-state index in [1.807, 2.05) is 54.6 Å². The van der Waals surface area contributed by atoms with Crippen molar-refractivity contribution < 1.29 is 9.53 Å². The number of benzene rings is 3. The summed E-state index contributed by atoms with van der Waals surface area (Å²) in [7, 11) is 1.55. The van der Waals surface area contributed by atoms with E-state index in [0.29, 0.717) is 11.3 Å². The predicted octanol–water partition coefficient (Wildman–Crippen LogP) is 5.22. The Balaban J connectivity index is 1.76. The summed E-state index contributed by atoms with van der Waals surface area (Å²) in [5.41, 5.74) is 5.06. The standard InChI is InChI=1S/C23H24BrN3O2/c1-4-27(5-2)21-11-10-16(12-20(21)24)15-25-26-23(28)19-13-17-8-6-7-9-18(17)14-22(19)29-3/h6-15H,4-5H2,1-3H3,(H,26,28)/b25-15-. The number of hydrogen-bond donors (Lipinski definition) is 1. The number of anilines is 1. The summed E-state index contributed by atoms with van der Waals surface area (Å²) in [5.74, 6) is 0.199. The summed E-state index contributed by atoms with van der Waals surface area (Å²) in [4.78, 5) is 14.9. The van der Waals surface area contributed by atoms with Gasteiger partial charge in [0.1, 0.15) is 5.75 Å². The fourth-order valence-electron chi connectivity index (χ4n) is 3.22. The molecule has 3 aromatic rings. The van der Waals surface area contributed by atoms with Gasteiger partial charge in [0, 0.05) is 17.6 Å². The van der Waals surface area contributed by atoms with Gasteiger partial charge in [-0.2, -0.15) is 5.10 Å². The molecule has 0 aliphatic rings. The first-order chi connectivity index (χ1) is 14.1. The van der Waals surface area contributed by atoms with Gasteiger partial charge in [0.05, 0.1) is 24.6 Å². The van der Waals surface area contributed by atoms with Crippen LogP contribution < -0.4 is 15.1 Å². The maximum Gasteiger partial charge on any atom is 0.275 e. The van der Waals surface area contributed by atoms with Crippen molar-refractivity contribution in [2.24, 2.45) is 5.10 Å². The number of ether oxygens (including phenoxy) is 1. The van der Waals surface area contributed by atoms with Gasteiger partial charge in [-0.25, -0.2) is 5.43 Å². The second-order valence-electron chi connectivity index (χ2n) is 6.48. The second-order valence-corrected chi connectivity index (χ2v) is 7.34. The van der Waals surface area contributed by atoms with E-state index in [4.69, 9.17) is 4.74 Å². The molecular weight excluding hydrogens is 430 g/mol. The quantitative estimate of drug-likeness (QED) is 0.394. The molecule has 0 saturated heterocycles. The topological polar surface area (TPSA) is 53.9 Å². The zero-order valence-electron chi connectivity index (χ0n) is 16.8. The SMILES string of the molecule is CCN(CC)c1ccc(/C=N\NC(=O)c2cc3ccccc3cc2OC)cc1Br. The number of nitrogens with zero attached hydrogens (tertiary/aromatic N) is 2. The Hall–Kier alpha value is -2.86. The number of fused-ring (bicyclic) bond motifs is 1. The van der Waals surface area contributed by atoms with Crippen LogP contribution in [0.25, 0.3) is 10.8 Å². The van der Waals surface area contributed by atoms with Gasteiger partial charge in [-0.15, -0.1) is 0 Å². The van der Waals surface area contributed by atoms with Crippen molar-refractivity contribution in [1.29, 1.82) is 0 Å². The van der Waals surface area contributed by atoms with Gasteiger partial charge in [0.15, 0.2) is 0 Å². The van der Waals surface area contributed by atoms with Gasteiger partial charge in [-0.05, 0) is 70.4 Å². The molecule has 0 atom stereocenters. The third-order valence-electron chi connectivity index (χ3n) is 4.77. The van der Waals surface area contributed by atoms with E-state index in [2.05, 4.69) is 45.2 Å². The Labute approximate surface area is 179 Å². The van der Waals surface area contributed by atoms with Crippen LogP contribution in [0.3, 0.4) is 0 Å². The minimum Gasteiger partial charge on any atom is -0.496 e. The number of rotatable bonds is 7. The third kappa shape index (κ3) is 4.77. The van der Waals surface area contributed by atoms with Crippen LogP contribution in [0.15, 0.2) is 64.2 Å².